The topological polar surface area (TPSA) is 34.9 Å². The Morgan fingerprint density at radius 1 is 1.00 bits per heavy atom. The first-order chi connectivity index (χ1) is 10.2. The van der Waals surface area contributed by atoms with Crippen molar-refractivity contribution in [2.45, 2.75) is 6.54 Å². The molecule has 3 nitrogen and oxygen atoms in total. The second-order valence-electron chi connectivity index (χ2n) is 4.77. The predicted molar refractivity (Wildman–Crippen MR) is 82.7 cm³/mol. The molecule has 0 fully saturated rings. The highest BCUT2D eigenvalue weighted by Gasteiger charge is 2.08. The van der Waals surface area contributed by atoms with Gasteiger partial charge >= 0.3 is 0 Å². The Labute approximate surface area is 127 Å². The van der Waals surface area contributed by atoms with Gasteiger partial charge in [-0.3, -0.25) is 4.79 Å². The van der Waals surface area contributed by atoms with E-state index in [1.165, 1.54) is 0 Å². The van der Waals surface area contributed by atoms with Gasteiger partial charge in [-0.1, -0.05) is 35.9 Å². The lowest BCUT2D eigenvalue weighted by molar-refractivity contribution is 0.103. The molecule has 0 saturated heterocycles. The van der Waals surface area contributed by atoms with E-state index in [-0.39, 0.29) is 5.78 Å². The van der Waals surface area contributed by atoms with Gasteiger partial charge in [-0.2, -0.15) is 0 Å². The fraction of sp³-hybridized carbons (Fsp3) is 0.0588. The summed E-state index contributed by atoms with van der Waals surface area (Å²) in [6, 6.07) is 14.6. The second kappa shape index (κ2) is 5.94. The van der Waals surface area contributed by atoms with Crippen molar-refractivity contribution in [2.75, 3.05) is 0 Å². The van der Waals surface area contributed by atoms with Gasteiger partial charge in [0.1, 0.15) is 0 Å². The molecule has 0 saturated carbocycles. The number of halogens is 1. The van der Waals surface area contributed by atoms with E-state index in [9.17, 15) is 4.79 Å². The zero-order valence-electron chi connectivity index (χ0n) is 11.2. The van der Waals surface area contributed by atoms with Crippen LogP contribution in [0.2, 0.25) is 5.02 Å². The highest BCUT2D eigenvalue weighted by Crippen LogP contribution is 2.15. The third kappa shape index (κ3) is 3.20. The molecule has 4 heteroatoms. The normalized spacial score (nSPS) is 10.5. The first kappa shape index (κ1) is 13.6. The molecule has 1 heterocycles. The van der Waals surface area contributed by atoms with Crippen LogP contribution in [-0.2, 0) is 6.54 Å². The predicted octanol–water partition coefficient (Wildman–Crippen LogP) is 3.82. The molecule has 3 aromatic rings. The van der Waals surface area contributed by atoms with E-state index in [4.69, 9.17) is 11.6 Å². The van der Waals surface area contributed by atoms with Gasteiger partial charge in [-0.05, 0) is 29.8 Å². The molecule has 0 spiro atoms. The minimum absolute atomic E-state index is 0.000785. The van der Waals surface area contributed by atoms with Crippen molar-refractivity contribution in [3.63, 3.8) is 0 Å². The summed E-state index contributed by atoms with van der Waals surface area (Å²) in [7, 11) is 0. The maximum absolute atomic E-state index is 12.3. The lowest BCUT2D eigenvalue weighted by Gasteiger charge is -2.05. The van der Waals surface area contributed by atoms with Gasteiger partial charge in [0, 0.05) is 35.1 Å². The fourth-order valence-electron chi connectivity index (χ4n) is 2.12. The molecule has 0 bridgehead atoms. The van der Waals surface area contributed by atoms with E-state index in [2.05, 4.69) is 4.98 Å². The molecule has 0 radical (unpaired) electrons. The van der Waals surface area contributed by atoms with Crippen LogP contribution in [-0.4, -0.2) is 15.3 Å². The molecule has 0 amide bonds. The number of benzene rings is 2. The molecule has 2 aromatic carbocycles. The molecule has 0 aliphatic carbocycles. The highest BCUT2D eigenvalue weighted by molar-refractivity contribution is 6.30. The smallest absolute Gasteiger partial charge is 0.193 e. The van der Waals surface area contributed by atoms with Gasteiger partial charge in [0.15, 0.2) is 5.78 Å². The van der Waals surface area contributed by atoms with E-state index in [0.29, 0.717) is 16.1 Å². The Balaban J connectivity index is 1.77. The molecule has 1 aromatic heterocycles. The van der Waals surface area contributed by atoms with Crippen molar-refractivity contribution in [3.8, 4) is 0 Å². The third-order valence-corrected chi connectivity index (χ3v) is 3.50. The molecule has 104 valence electrons. The molecule has 0 N–H and O–H groups in total. The van der Waals surface area contributed by atoms with Crippen LogP contribution >= 0.6 is 11.6 Å². The lowest BCUT2D eigenvalue weighted by Crippen LogP contribution is -2.02. The fourth-order valence-corrected chi connectivity index (χ4v) is 2.25. The lowest BCUT2D eigenvalue weighted by atomic mass is 10.0. The van der Waals surface area contributed by atoms with Crippen molar-refractivity contribution in [1.29, 1.82) is 0 Å². The minimum atomic E-state index is 0.000785. The number of hydrogen-bond donors (Lipinski definition) is 0. The molecule has 3 rings (SSSR count). The zero-order chi connectivity index (χ0) is 14.7. The van der Waals surface area contributed by atoms with Crippen molar-refractivity contribution in [1.82, 2.24) is 9.55 Å². The van der Waals surface area contributed by atoms with Crippen LogP contribution in [0.15, 0.2) is 67.3 Å². The highest BCUT2D eigenvalue weighted by atomic mass is 35.5. The number of aromatic nitrogens is 2. The number of ketones is 1. The van der Waals surface area contributed by atoms with Crippen molar-refractivity contribution in [2.24, 2.45) is 0 Å². The Hall–Kier alpha value is -2.39. The summed E-state index contributed by atoms with van der Waals surface area (Å²) >= 11 is 5.83. The Kier molecular flexibility index (Phi) is 3.84. The molecular formula is C17H13ClN2O. The van der Waals surface area contributed by atoms with E-state index in [1.54, 1.807) is 36.8 Å². The number of rotatable bonds is 4. The third-order valence-electron chi connectivity index (χ3n) is 3.25. The van der Waals surface area contributed by atoms with Crippen molar-refractivity contribution < 1.29 is 4.79 Å². The molecule has 21 heavy (non-hydrogen) atoms. The van der Waals surface area contributed by atoms with Gasteiger partial charge in [0.2, 0.25) is 0 Å². The Morgan fingerprint density at radius 2 is 1.62 bits per heavy atom. The zero-order valence-corrected chi connectivity index (χ0v) is 12.0. The van der Waals surface area contributed by atoms with Crippen LogP contribution < -0.4 is 0 Å². The van der Waals surface area contributed by atoms with Gasteiger partial charge in [0.05, 0.1) is 6.33 Å². The molecule has 0 unspecified atom stereocenters. The molecule has 0 aliphatic heterocycles. The van der Waals surface area contributed by atoms with Crippen LogP contribution in [0.25, 0.3) is 0 Å². The van der Waals surface area contributed by atoms with Crippen LogP contribution in [0, 0.1) is 0 Å². The van der Waals surface area contributed by atoms with Crippen LogP contribution in [0.3, 0.4) is 0 Å². The van der Waals surface area contributed by atoms with Crippen LogP contribution in [0.1, 0.15) is 21.5 Å². The number of carbonyl (C=O) groups excluding carboxylic acids is 1. The van der Waals surface area contributed by atoms with Gasteiger partial charge in [-0.25, -0.2) is 4.98 Å². The summed E-state index contributed by atoms with van der Waals surface area (Å²) in [4.78, 5) is 16.3. The summed E-state index contributed by atoms with van der Waals surface area (Å²) in [5, 5.41) is 0.627. The summed E-state index contributed by atoms with van der Waals surface area (Å²) < 4.78 is 1.98. The van der Waals surface area contributed by atoms with E-state index in [1.807, 2.05) is 35.0 Å². The van der Waals surface area contributed by atoms with Gasteiger partial charge in [0.25, 0.3) is 0 Å². The quantitative estimate of drug-likeness (QED) is 0.686. The summed E-state index contributed by atoms with van der Waals surface area (Å²) in [5.74, 6) is 0.000785. The van der Waals surface area contributed by atoms with Crippen LogP contribution in [0.4, 0.5) is 0 Å². The Morgan fingerprint density at radius 3 is 2.19 bits per heavy atom. The number of carbonyl (C=O) groups is 1. The van der Waals surface area contributed by atoms with E-state index >= 15 is 0 Å². The SMILES string of the molecule is O=C(c1ccc(Cl)cc1)c1ccc(Cn2ccnc2)cc1. The standard InChI is InChI=1S/C17H13ClN2O/c18-16-7-5-15(6-8-16)17(21)14-3-1-13(2-4-14)11-20-10-9-19-12-20/h1-10,12H,11H2. The van der Waals surface area contributed by atoms with E-state index < -0.39 is 0 Å². The first-order valence-corrected chi connectivity index (χ1v) is 6.95. The van der Waals surface area contributed by atoms with E-state index in [0.717, 1.165) is 12.1 Å². The first-order valence-electron chi connectivity index (χ1n) is 6.57. The second-order valence-corrected chi connectivity index (χ2v) is 5.20. The maximum Gasteiger partial charge on any atom is 0.193 e. The largest absolute Gasteiger partial charge is 0.333 e. The average molecular weight is 297 g/mol. The maximum atomic E-state index is 12.3. The number of imidazole rings is 1. The summed E-state index contributed by atoms with van der Waals surface area (Å²) in [6.45, 7) is 0.745. The molecule has 0 atom stereocenters. The monoisotopic (exact) mass is 296 g/mol. The molecular weight excluding hydrogens is 284 g/mol. The Bertz CT molecular complexity index is 731. The number of hydrogen-bond acceptors (Lipinski definition) is 2. The van der Waals surface area contributed by atoms with Crippen molar-refractivity contribution in [3.05, 3.63) is 89.0 Å². The van der Waals surface area contributed by atoms with Gasteiger partial charge < -0.3 is 4.57 Å². The average Bonchev–Trinajstić information content (AvgIpc) is 3.01. The molecule has 0 aliphatic rings. The summed E-state index contributed by atoms with van der Waals surface area (Å²) in [6.07, 6.45) is 5.43. The minimum Gasteiger partial charge on any atom is -0.333 e. The van der Waals surface area contributed by atoms with Crippen LogP contribution in [0.5, 0.6) is 0 Å². The summed E-state index contributed by atoms with van der Waals surface area (Å²) in [5.41, 5.74) is 2.44. The number of nitrogens with zero attached hydrogens (tertiary/aromatic N) is 2. The van der Waals surface area contributed by atoms with Gasteiger partial charge in [-0.15, -0.1) is 0 Å². The van der Waals surface area contributed by atoms with Crippen molar-refractivity contribution >= 4 is 17.4 Å².